The highest BCUT2D eigenvalue weighted by molar-refractivity contribution is 5.50. The van der Waals surface area contributed by atoms with Crippen LogP contribution in [-0.2, 0) is 15.9 Å². The molecule has 0 spiro atoms. The Hall–Kier alpha value is -2.14. The van der Waals surface area contributed by atoms with Crippen molar-refractivity contribution in [3.63, 3.8) is 0 Å². The molecule has 1 aromatic rings. The van der Waals surface area contributed by atoms with E-state index in [4.69, 9.17) is 18.9 Å². The first-order chi connectivity index (χ1) is 12.7. The Kier molecular flexibility index (Phi) is 4.57. The van der Waals surface area contributed by atoms with Gasteiger partial charge in [0, 0.05) is 25.0 Å². The number of hydrogen-bond acceptors (Lipinski definition) is 5. The molecule has 0 saturated carbocycles. The molecule has 2 unspecified atom stereocenters. The molecule has 2 aliphatic heterocycles. The quantitative estimate of drug-likeness (QED) is 0.827. The summed E-state index contributed by atoms with van der Waals surface area (Å²) in [5.74, 6) is 4.29. The summed E-state index contributed by atoms with van der Waals surface area (Å²) in [6, 6.07) is 4.73. The molecule has 0 aromatic heterocycles. The summed E-state index contributed by atoms with van der Waals surface area (Å²) in [6.45, 7) is 2.04. The topological polar surface area (TPSA) is 40.2 Å². The number of allylic oxidation sites excluding steroid dienone is 2. The molecule has 5 nitrogen and oxygen atoms in total. The Morgan fingerprint density at radius 1 is 0.962 bits per heavy atom. The zero-order chi connectivity index (χ0) is 18.3. The van der Waals surface area contributed by atoms with Crippen molar-refractivity contribution in [1.82, 2.24) is 4.90 Å². The zero-order valence-electron chi connectivity index (χ0n) is 16.0. The molecule has 1 aliphatic carbocycles. The normalized spacial score (nSPS) is 27.3. The number of piperidine rings is 1. The maximum absolute atomic E-state index is 5.72. The summed E-state index contributed by atoms with van der Waals surface area (Å²) in [4.78, 5) is 2.58. The summed E-state index contributed by atoms with van der Waals surface area (Å²) in [5, 5.41) is 0. The van der Waals surface area contributed by atoms with E-state index in [0.717, 1.165) is 48.9 Å². The monoisotopic (exact) mass is 357 g/mol. The second-order valence-electron chi connectivity index (χ2n) is 7.17. The summed E-state index contributed by atoms with van der Waals surface area (Å²) in [7, 11) is 6.86. The molecular formula is C21H27NO4. The first-order valence-electron chi connectivity index (χ1n) is 9.19. The lowest BCUT2D eigenvalue weighted by molar-refractivity contribution is 0.0515. The molecule has 4 rings (SSSR count). The van der Waals surface area contributed by atoms with Gasteiger partial charge < -0.3 is 18.9 Å². The Morgan fingerprint density at radius 3 is 2.42 bits per heavy atom. The predicted octanol–water partition coefficient (Wildman–Crippen LogP) is 3.31. The van der Waals surface area contributed by atoms with E-state index >= 15 is 0 Å². The third kappa shape index (κ3) is 2.65. The standard InChI is InChI=1S/C21H27NO4/c1-23-18-6-5-13-9-17-15-11-20(25-3)19(24-2)10-14(15)7-8-22(17)12-16(13)21(18)26-4/h5-6,10-11,13,16-17H,7-9,12H2,1-4H3/t13?,16?,17-/m1/s1. The molecule has 1 aromatic carbocycles. The number of hydrogen-bond donors (Lipinski definition) is 0. The van der Waals surface area contributed by atoms with Crippen molar-refractivity contribution < 1.29 is 18.9 Å². The lowest BCUT2D eigenvalue weighted by Gasteiger charge is -2.47. The van der Waals surface area contributed by atoms with Gasteiger partial charge in [-0.05, 0) is 48.1 Å². The van der Waals surface area contributed by atoms with Gasteiger partial charge in [0.25, 0.3) is 0 Å². The first kappa shape index (κ1) is 17.3. The van der Waals surface area contributed by atoms with Crippen LogP contribution in [0.25, 0.3) is 0 Å². The SMILES string of the molecule is COC1=C(OC)C2CN3CCc4cc(OC)c(OC)cc4[C@H]3CC2C=C1. The lowest BCUT2D eigenvalue weighted by atomic mass is 9.74. The van der Waals surface area contributed by atoms with Gasteiger partial charge in [-0.15, -0.1) is 0 Å². The molecule has 3 aliphatic rings. The van der Waals surface area contributed by atoms with E-state index in [2.05, 4.69) is 29.2 Å². The average molecular weight is 357 g/mol. The number of methoxy groups -OCH3 is 4. The van der Waals surface area contributed by atoms with Crippen molar-refractivity contribution in [2.45, 2.75) is 18.9 Å². The molecule has 0 radical (unpaired) electrons. The minimum absolute atomic E-state index is 0.359. The summed E-state index contributed by atoms with van der Waals surface area (Å²) in [6.07, 6.45) is 6.46. The van der Waals surface area contributed by atoms with E-state index in [1.165, 1.54) is 11.1 Å². The minimum atomic E-state index is 0.359. The molecule has 2 heterocycles. The molecule has 3 atom stereocenters. The van der Waals surface area contributed by atoms with Crippen LogP contribution in [0.4, 0.5) is 0 Å². The molecule has 5 heteroatoms. The maximum atomic E-state index is 5.72. The fraction of sp³-hybridized carbons (Fsp3) is 0.524. The van der Waals surface area contributed by atoms with Gasteiger partial charge in [0.2, 0.25) is 0 Å². The van der Waals surface area contributed by atoms with Crippen LogP contribution in [0.1, 0.15) is 23.6 Å². The van der Waals surface area contributed by atoms with Crippen molar-refractivity contribution in [3.05, 3.63) is 46.9 Å². The van der Waals surface area contributed by atoms with Crippen LogP contribution in [0.5, 0.6) is 11.5 Å². The molecule has 0 amide bonds. The molecule has 0 bridgehead atoms. The molecule has 1 saturated heterocycles. The van der Waals surface area contributed by atoms with E-state index in [1.54, 1.807) is 28.4 Å². The van der Waals surface area contributed by atoms with Gasteiger partial charge in [0.15, 0.2) is 17.3 Å². The smallest absolute Gasteiger partial charge is 0.161 e. The number of nitrogens with zero attached hydrogens (tertiary/aromatic N) is 1. The van der Waals surface area contributed by atoms with E-state index in [1.807, 2.05) is 0 Å². The van der Waals surface area contributed by atoms with Gasteiger partial charge in [-0.3, -0.25) is 4.90 Å². The number of fused-ring (bicyclic) bond motifs is 4. The summed E-state index contributed by atoms with van der Waals surface area (Å²) >= 11 is 0. The molecule has 140 valence electrons. The Bertz CT molecular complexity index is 755. The third-order valence-corrected chi connectivity index (χ3v) is 6.07. The minimum Gasteiger partial charge on any atom is -0.497 e. The van der Waals surface area contributed by atoms with Crippen molar-refractivity contribution in [3.8, 4) is 11.5 Å². The Morgan fingerprint density at radius 2 is 1.73 bits per heavy atom. The highest BCUT2D eigenvalue weighted by Crippen LogP contribution is 2.47. The van der Waals surface area contributed by atoms with Crippen molar-refractivity contribution in [2.75, 3.05) is 41.5 Å². The van der Waals surface area contributed by atoms with Crippen LogP contribution >= 0.6 is 0 Å². The highest BCUT2D eigenvalue weighted by atomic mass is 16.5. The van der Waals surface area contributed by atoms with Gasteiger partial charge in [0.05, 0.1) is 28.4 Å². The summed E-state index contributed by atoms with van der Waals surface area (Å²) < 4.78 is 22.3. The second kappa shape index (κ2) is 6.88. The third-order valence-electron chi connectivity index (χ3n) is 6.07. The van der Waals surface area contributed by atoms with Gasteiger partial charge in [-0.2, -0.15) is 0 Å². The number of ether oxygens (including phenoxy) is 4. The zero-order valence-corrected chi connectivity index (χ0v) is 16.0. The van der Waals surface area contributed by atoms with Crippen molar-refractivity contribution in [1.29, 1.82) is 0 Å². The first-order valence-corrected chi connectivity index (χ1v) is 9.19. The maximum Gasteiger partial charge on any atom is 0.161 e. The van der Waals surface area contributed by atoms with Crippen molar-refractivity contribution >= 4 is 0 Å². The van der Waals surface area contributed by atoms with Crippen LogP contribution < -0.4 is 9.47 Å². The molecular weight excluding hydrogens is 330 g/mol. The summed E-state index contributed by atoms with van der Waals surface area (Å²) in [5.41, 5.74) is 2.75. The van der Waals surface area contributed by atoms with Crippen LogP contribution in [0.2, 0.25) is 0 Å². The van der Waals surface area contributed by atoms with E-state index in [-0.39, 0.29) is 0 Å². The van der Waals surface area contributed by atoms with Gasteiger partial charge >= 0.3 is 0 Å². The Labute approximate surface area is 155 Å². The fourth-order valence-electron chi connectivity index (χ4n) is 4.77. The van der Waals surface area contributed by atoms with Crippen LogP contribution in [0, 0.1) is 11.8 Å². The van der Waals surface area contributed by atoms with Crippen molar-refractivity contribution in [2.24, 2.45) is 11.8 Å². The number of rotatable bonds is 4. The van der Waals surface area contributed by atoms with E-state index < -0.39 is 0 Å². The fourth-order valence-corrected chi connectivity index (χ4v) is 4.77. The Balaban J connectivity index is 1.67. The average Bonchev–Trinajstić information content (AvgIpc) is 2.70. The van der Waals surface area contributed by atoms with Crippen LogP contribution in [0.3, 0.4) is 0 Å². The molecule has 26 heavy (non-hydrogen) atoms. The number of benzene rings is 1. The highest BCUT2D eigenvalue weighted by Gasteiger charge is 2.42. The van der Waals surface area contributed by atoms with E-state index in [9.17, 15) is 0 Å². The van der Waals surface area contributed by atoms with Gasteiger partial charge in [0.1, 0.15) is 5.76 Å². The van der Waals surface area contributed by atoms with Crippen LogP contribution in [0.15, 0.2) is 35.8 Å². The molecule has 0 N–H and O–H groups in total. The van der Waals surface area contributed by atoms with Crippen LogP contribution in [-0.4, -0.2) is 46.4 Å². The largest absolute Gasteiger partial charge is 0.497 e. The van der Waals surface area contributed by atoms with E-state index in [0.29, 0.717) is 17.9 Å². The second-order valence-corrected chi connectivity index (χ2v) is 7.17. The predicted molar refractivity (Wildman–Crippen MR) is 99.3 cm³/mol. The molecule has 1 fully saturated rings. The lowest BCUT2D eigenvalue weighted by Crippen LogP contribution is -2.47. The van der Waals surface area contributed by atoms with Gasteiger partial charge in [-0.25, -0.2) is 0 Å². The van der Waals surface area contributed by atoms with Gasteiger partial charge in [-0.1, -0.05) is 6.08 Å².